The Bertz CT molecular complexity index is 684. The van der Waals surface area contributed by atoms with E-state index in [-0.39, 0.29) is 5.91 Å². The van der Waals surface area contributed by atoms with Crippen molar-refractivity contribution in [3.05, 3.63) is 48.0 Å². The molecule has 0 aromatic heterocycles. The third-order valence-electron chi connectivity index (χ3n) is 3.80. The van der Waals surface area contributed by atoms with Crippen LogP contribution in [0.15, 0.2) is 42.5 Å². The number of methoxy groups -OCH3 is 2. The van der Waals surface area contributed by atoms with Gasteiger partial charge in [0, 0.05) is 11.8 Å². The first-order chi connectivity index (χ1) is 11.6. The summed E-state index contributed by atoms with van der Waals surface area (Å²) in [5, 5.41) is 6.07. The Labute approximate surface area is 143 Å². The number of aryl methyl sites for hydroxylation is 1. The summed E-state index contributed by atoms with van der Waals surface area (Å²) in [6, 6.07) is 13.0. The highest BCUT2D eigenvalue weighted by Gasteiger charge is 2.15. The summed E-state index contributed by atoms with van der Waals surface area (Å²) < 4.78 is 10.5. The first-order valence-corrected chi connectivity index (χ1v) is 7.95. The fraction of sp³-hybridized carbons (Fsp3) is 0.316. The molecule has 5 heteroatoms. The van der Waals surface area contributed by atoms with Gasteiger partial charge in [-0.25, -0.2) is 0 Å². The van der Waals surface area contributed by atoms with Gasteiger partial charge in [-0.15, -0.1) is 0 Å². The molecule has 0 fully saturated rings. The molecule has 2 aromatic rings. The second kappa shape index (κ2) is 8.24. The zero-order chi connectivity index (χ0) is 17.5. The molecule has 1 atom stereocenters. The molecule has 5 nitrogen and oxygen atoms in total. The number of carbonyl (C=O) groups is 1. The lowest BCUT2D eigenvalue weighted by Gasteiger charge is -2.17. The van der Waals surface area contributed by atoms with E-state index in [0.29, 0.717) is 17.2 Å². The molecule has 0 saturated heterocycles. The minimum absolute atomic E-state index is 0.152. The SMILES string of the molecule is CCc1ccc(NC(C)C(=O)Nc2cc(OC)ccc2OC)cc1. The van der Waals surface area contributed by atoms with Gasteiger partial charge < -0.3 is 20.1 Å². The summed E-state index contributed by atoms with van der Waals surface area (Å²) in [5.41, 5.74) is 2.75. The van der Waals surface area contributed by atoms with Crippen LogP contribution in [0.3, 0.4) is 0 Å². The number of carbonyl (C=O) groups excluding carboxylic acids is 1. The van der Waals surface area contributed by atoms with Crippen molar-refractivity contribution >= 4 is 17.3 Å². The Morgan fingerprint density at radius 1 is 1.08 bits per heavy atom. The first kappa shape index (κ1) is 17.7. The Hall–Kier alpha value is -2.69. The van der Waals surface area contributed by atoms with Crippen LogP contribution in [-0.2, 0) is 11.2 Å². The molecule has 0 aliphatic heterocycles. The Kier molecular flexibility index (Phi) is 6.07. The summed E-state index contributed by atoms with van der Waals surface area (Å²) in [6.07, 6.45) is 0.992. The molecular formula is C19H24N2O3. The van der Waals surface area contributed by atoms with E-state index in [1.54, 1.807) is 32.4 Å². The van der Waals surface area contributed by atoms with Crippen molar-refractivity contribution in [2.75, 3.05) is 24.9 Å². The van der Waals surface area contributed by atoms with Crippen LogP contribution in [-0.4, -0.2) is 26.2 Å². The van der Waals surface area contributed by atoms with Gasteiger partial charge >= 0.3 is 0 Å². The molecule has 0 heterocycles. The molecular weight excluding hydrogens is 304 g/mol. The van der Waals surface area contributed by atoms with Crippen molar-refractivity contribution in [3.63, 3.8) is 0 Å². The van der Waals surface area contributed by atoms with Gasteiger partial charge in [-0.05, 0) is 43.2 Å². The number of hydrogen-bond acceptors (Lipinski definition) is 4. The molecule has 2 N–H and O–H groups in total. The van der Waals surface area contributed by atoms with Crippen molar-refractivity contribution in [3.8, 4) is 11.5 Å². The van der Waals surface area contributed by atoms with E-state index in [1.807, 2.05) is 19.1 Å². The topological polar surface area (TPSA) is 59.6 Å². The number of amides is 1. The maximum absolute atomic E-state index is 12.4. The van der Waals surface area contributed by atoms with Crippen molar-refractivity contribution < 1.29 is 14.3 Å². The molecule has 2 aromatic carbocycles. The lowest BCUT2D eigenvalue weighted by atomic mass is 10.1. The van der Waals surface area contributed by atoms with E-state index in [9.17, 15) is 4.79 Å². The van der Waals surface area contributed by atoms with Crippen molar-refractivity contribution in [1.29, 1.82) is 0 Å². The third kappa shape index (κ3) is 4.41. The Balaban J connectivity index is 2.05. The average molecular weight is 328 g/mol. The van der Waals surface area contributed by atoms with Gasteiger partial charge in [-0.2, -0.15) is 0 Å². The van der Waals surface area contributed by atoms with Crippen LogP contribution in [0.4, 0.5) is 11.4 Å². The molecule has 0 spiro atoms. The predicted molar refractivity (Wildman–Crippen MR) is 97.1 cm³/mol. The van der Waals surface area contributed by atoms with Gasteiger partial charge in [-0.1, -0.05) is 19.1 Å². The molecule has 0 bridgehead atoms. The maximum Gasteiger partial charge on any atom is 0.246 e. The average Bonchev–Trinajstić information content (AvgIpc) is 2.62. The lowest BCUT2D eigenvalue weighted by Crippen LogP contribution is -2.32. The number of benzene rings is 2. The summed E-state index contributed by atoms with van der Waals surface area (Å²) in [4.78, 5) is 12.4. The molecule has 1 unspecified atom stereocenters. The van der Waals surface area contributed by atoms with Crippen molar-refractivity contribution in [2.24, 2.45) is 0 Å². The standard InChI is InChI=1S/C19H24N2O3/c1-5-14-6-8-15(9-7-14)20-13(2)19(22)21-17-12-16(23-3)10-11-18(17)24-4/h6-13,20H,5H2,1-4H3,(H,21,22). The highest BCUT2D eigenvalue weighted by atomic mass is 16.5. The summed E-state index contributed by atoms with van der Waals surface area (Å²) >= 11 is 0. The first-order valence-electron chi connectivity index (χ1n) is 7.95. The third-order valence-corrected chi connectivity index (χ3v) is 3.80. The van der Waals surface area contributed by atoms with Crippen LogP contribution in [0.2, 0.25) is 0 Å². The monoisotopic (exact) mass is 328 g/mol. The fourth-order valence-corrected chi connectivity index (χ4v) is 2.30. The second-order valence-corrected chi connectivity index (χ2v) is 5.47. The smallest absolute Gasteiger partial charge is 0.246 e. The minimum Gasteiger partial charge on any atom is -0.497 e. The lowest BCUT2D eigenvalue weighted by molar-refractivity contribution is -0.116. The quantitative estimate of drug-likeness (QED) is 0.813. The van der Waals surface area contributed by atoms with Gasteiger partial charge in [0.25, 0.3) is 0 Å². The molecule has 128 valence electrons. The van der Waals surface area contributed by atoms with Crippen LogP contribution in [0.5, 0.6) is 11.5 Å². The highest BCUT2D eigenvalue weighted by Crippen LogP contribution is 2.29. The number of rotatable bonds is 7. The maximum atomic E-state index is 12.4. The molecule has 0 aliphatic rings. The summed E-state index contributed by atoms with van der Waals surface area (Å²) in [5.74, 6) is 1.09. The Morgan fingerprint density at radius 2 is 1.79 bits per heavy atom. The summed E-state index contributed by atoms with van der Waals surface area (Å²) in [7, 11) is 3.14. The van der Waals surface area contributed by atoms with Crippen LogP contribution >= 0.6 is 0 Å². The molecule has 2 rings (SSSR count). The van der Waals surface area contributed by atoms with Crippen LogP contribution in [0, 0.1) is 0 Å². The normalized spacial score (nSPS) is 11.5. The van der Waals surface area contributed by atoms with Crippen molar-refractivity contribution in [2.45, 2.75) is 26.3 Å². The number of hydrogen-bond donors (Lipinski definition) is 2. The van der Waals surface area contributed by atoms with Crippen LogP contribution in [0.25, 0.3) is 0 Å². The minimum atomic E-state index is -0.395. The van der Waals surface area contributed by atoms with E-state index >= 15 is 0 Å². The van der Waals surface area contributed by atoms with Gasteiger partial charge in [0.15, 0.2) is 0 Å². The van der Waals surface area contributed by atoms with E-state index < -0.39 is 6.04 Å². The zero-order valence-electron chi connectivity index (χ0n) is 14.6. The van der Waals surface area contributed by atoms with Gasteiger partial charge in [0.05, 0.1) is 19.9 Å². The van der Waals surface area contributed by atoms with E-state index in [0.717, 1.165) is 12.1 Å². The molecule has 24 heavy (non-hydrogen) atoms. The molecule has 0 radical (unpaired) electrons. The summed E-state index contributed by atoms with van der Waals surface area (Å²) in [6.45, 7) is 3.93. The number of nitrogens with one attached hydrogen (secondary N) is 2. The Morgan fingerprint density at radius 3 is 2.38 bits per heavy atom. The van der Waals surface area contributed by atoms with Crippen LogP contribution < -0.4 is 20.1 Å². The molecule has 1 amide bonds. The predicted octanol–water partition coefficient (Wildman–Crippen LogP) is 3.71. The highest BCUT2D eigenvalue weighted by molar-refractivity contribution is 5.97. The number of ether oxygens (including phenoxy) is 2. The largest absolute Gasteiger partial charge is 0.497 e. The zero-order valence-corrected chi connectivity index (χ0v) is 14.6. The van der Waals surface area contributed by atoms with Gasteiger partial charge in [0.1, 0.15) is 17.5 Å². The van der Waals surface area contributed by atoms with E-state index in [2.05, 4.69) is 29.7 Å². The van der Waals surface area contributed by atoms with Gasteiger partial charge in [0.2, 0.25) is 5.91 Å². The molecule has 0 saturated carbocycles. The van der Waals surface area contributed by atoms with Crippen LogP contribution in [0.1, 0.15) is 19.4 Å². The fourth-order valence-electron chi connectivity index (χ4n) is 2.30. The second-order valence-electron chi connectivity index (χ2n) is 5.47. The molecule has 0 aliphatic carbocycles. The van der Waals surface area contributed by atoms with Crippen molar-refractivity contribution in [1.82, 2.24) is 0 Å². The number of anilines is 2. The van der Waals surface area contributed by atoms with E-state index in [4.69, 9.17) is 9.47 Å². The van der Waals surface area contributed by atoms with E-state index in [1.165, 1.54) is 5.56 Å². The van der Waals surface area contributed by atoms with Gasteiger partial charge in [-0.3, -0.25) is 4.79 Å².